The zero-order valence-electron chi connectivity index (χ0n) is 11.0. The lowest BCUT2D eigenvalue weighted by molar-refractivity contribution is -0.120. The number of carbonyl (C=O) groups excluding carboxylic acids is 1. The van der Waals surface area contributed by atoms with Crippen molar-refractivity contribution in [3.63, 3.8) is 0 Å². The van der Waals surface area contributed by atoms with Crippen molar-refractivity contribution in [3.8, 4) is 0 Å². The Hall–Kier alpha value is -0.613. The molecular formula is C12H23NO2Si. The number of amides is 1. The summed E-state index contributed by atoms with van der Waals surface area (Å²) in [7, 11) is -0.944. The topological polar surface area (TPSA) is 38.3 Å². The Kier molecular flexibility index (Phi) is 4.33. The van der Waals surface area contributed by atoms with Gasteiger partial charge in [0.25, 0.3) is 0 Å². The predicted molar refractivity (Wildman–Crippen MR) is 68.9 cm³/mol. The number of carbonyl (C=O) groups is 1. The van der Waals surface area contributed by atoms with E-state index < -0.39 is 9.04 Å². The molecule has 0 aliphatic carbocycles. The fourth-order valence-corrected chi connectivity index (χ4v) is 2.46. The smallest absolute Gasteiger partial charge is 0.249 e. The molecule has 1 amide bonds. The molecule has 1 aliphatic heterocycles. The highest BCUT2D eigenvalue weighted by Crippen LogP contribution is 2.32. The van der Waals surface area contributed by atoms with Gasteiger partial charge in [-0.15, -0.1) is 0 Å². The van der Waals surface area contributed by atoms with Gasteiger partial charge in [0, 0.05) is 18.7 Å². The van der Waals surface area contributed by atoms with Gasteiger partial charge in [0.1, 0.15) is 0 Å². The maximum Gasteiger partial charge on any atom is 0.249 e. The Bertz CT molecular complexity index is 303. The van der Waals surface area contributed by atoms with Gasteiger partial charge in [-0.25, -0.2) is 0 Å². The standard InChI is InChI=1S/C12H23NO2Si/c1-12(2,3)10(6-7-15-16(4)5)9-8-13-11(9)14/h16H,6-8H2,1-5H3,(H,13,14). The van der Waals surface area contributed by atoms with Crippen LogP contribution in [0.3, 0.4) is 0 Å². The van der Waals surface area contributed by atoms with Crippen molar-refractivity contribution in [1.29, 1.82) is 0 Å². The number of rotatable bonds is 4. The highest BCUT2D eigenvalue weighted by molar-refractivity contribution is 6.48. The second-order valence-corrected chi connectivity index (χ2v) is 7.99. The lowest BCUT2D eigenvalue weighted by Crippen LogP contribution is -2.43. The number of nitrogens with one attached hydrogen (secondary N) is 1. The highest BCUT2D eigenvalue weighted by Gasteiger charge is 2.29. The van der Waals surface area contributed by atoms with Crippen molar-refractivity contribution < 1.29 is 9.22 Å². The average Bonchev–Trinajstić information content (AvgIpc) is 2.11. The Balaban J connectivity index is 2.67. The van der Waals surface area contributed by atoms with Crippen LogP contribution in [0.1, 0.15) is 27.2 Å². The molecule has 0 spiro atoms. The van der Waals surface area contributed by atoms with E-state index in [9.17, 15) is 4.79 Å². The van der Waals surface area contributed by atoms with E-state index in [2.05, 4.69) is 39.2 Å². The van der Waals surface area contributed by atoms with Gasteiger partial charge in [-0.05, 0) is 24.9 Å². The first-order chi connectivity index (χ1) is 7.32. The van der Waals surface area contributed by atoms with E-state index in [0.717, 1.165) is 25.1 Å². The van der Waals surface area contributed by atoms with Crippen molar-refractivity contribution in [2.24, 2.45) is 5.41 Å². The Labute approximate surface area is 100.0 Å². The lowest BCUT2D eigenvalue weighted by atomic mass is 9.80. The van der Waals surface area contributed by atoms with Gasteiger partial charge in [0.15, 0.2) is 9.04 Å². The van der Waals surface area contributed by atoms with Gasteiger partial charge in [-0.3, -0.25) is 4.79 Å². The zero-order valence-corrected chi connectivity index (χ0v) is 12.2. The summed E-state index contributed by atoms with van der Waals surface area (Å²) in [6.45, 7) is 12.3. The van der Waals surface area contributed by atoms with Gasteiger partial charge in [-0.1, -0.05) is 26.3 Å². The summed E-state index contributed by atoms with van der Waals surface area (Å²) in [6, 6.07) is 0. The first kappa shape index (κ1) is 13.5. The molecule has 1 saturated heterocycles. The minimum atomic E-state index is -0.944. The molecular weight excluding hydrogens is 218 g/mol. The molecule has 0 aromatic rings. The van der Waals surface area contributed by atoms with E-state index in [1.54, 1.807) is 0 Å². The second kappa shape index (κ2) is 5.14. The summed E-state index contributed by atoms with van der Waals surface area (Å²) < 4.78 is 5.69. The van der Waals surface area contributed by atoms with Gasteiger partial charge in [0.2, 0.25) is 5.91 Å². The van der Waals surface area contributed by atoms with Crippen LogP contribution < -0.4 is 5.32 Å². The quantitative estimate of drug-likeness (QED) is 0.463. The minimum absolute atomic E-state index is 0.0645. The first-order valence-electron chi connectivity index (χ1n) is 5.94. The third-order valence-electron chi connectivity index (χ3n) is 2.77. The monoisotopic (exact) mass is 241 g/mol. The van der Waals surface area contributed by atoms with E-state index in [0.29, 0.717) is 0 Å². The molecule has 1 fully saturated rings. The molecule has 16 heavy (non-hydrogen) atoms. The summed E-state index contributed by atoms with van der Waals surface area (Å²) in [5, 5.41) is 2.78. The number of hydrogen-bond acceptors (Lipinski definition) is 2. The maximum absolute atomic E-state index is 11.4. The van der Waals surface area contributed by atoms with Crippen LogP contribution in [0, 0.1) is 5.41 Å². The molecule has 0 atom stereocenters. The Morgan fingerprint density at radius 3 is 2.38 bits per heavy atom. The van der Waals surface area contributed by atoms with Crippen LogP contribution in [0.25, 0.3) is 0 Å². The van der Waals surface area contributed by atoms with E-state index in [4.69, 9.17) is 4.43 Å². The molecule has 1 heterocycles. The third-order valence-corrected chi connectivity index (χ3v) is 3.68. The summed E-state index contributed by atoms with van der Waals surface area (Å²) in [6.07, 6.45) is 0.886. The van der Waals surface area contributed by atoms with E-state index in [-0.39, 0.29) is 11.3 Å². The summed E-state index contributed by atoms with van der Waals surface area (Å²) in [4.78, 5) is 11.4. The molecule has 1 aliphatic rings. The molecule has 0 unspecified atom stereocenters. The summed E-state index contributed by atoms with van der Waals surface area (Å²) in [5.41, 5.74) is 2.29. The molecule has 0 aromatic carbocycles. The van der Waals surface area contributed by atoms with Crippen LogP contribution in [0.2, 0.25) is 13.1 Å². The van der Waals surface area contributed by atoms with Gasteiger partial charge >= 0.3 is 0 Å². The van der Waals surface area contributed by atoms with Crippen molar-refractivity contribution in [1.82, 2.24) is 5.32 Å². The van der Waals surface area contributed by atoms with Crippen LogP contribution in [0.15, 0.2) is 11.1 Å². The van der Waals surface area contributed by atoms with Gasteiger partial charge in [-0.2, -0.15) is 0 Å². The Morgan fingerprint density at radius 2 is 2.06 bits per heavy atom. The molecule has 1 rings (SSSR count). The van der Waals surface area contributed by atoms with Crippen LogP contribution in [0.5, 0.6) is 0 Å². The van der Waals surface area contributed by atoms with Crippen molar-refractivity contribution in [2.75, 3.05) is 13.2 Å². The van der Waals surface area contributed by atoms with Crippen molar-refractivity contribution >= 4 is 14.9 Å². The van der Waals surface area contributed by atoms with Gasteiger partial charge in [0.05, 0.1) is 0 Å². The molecule has 0 radical (unpaired) electrons. The molecule has 3 nitrogen and oxygen atoms in total. The van der Waals surface area contributed by atoms with E-state index >= 15 is 0 Å². The SMILES string of the molecule is C[SiH](C)OCCC(=C1CNC1=O)C(C)(C)C. The summed E-state index contributed by atoms with van der Waals surface area (Å²) >= 11 is 0. The van der Waals surface area contributed by atoms with Gasteiger partial charge < -0.3 is 9.74 Å². The third kappa shape index (κ3) is 3.45. The van der Waals surface area contributed by atoms with E-state index in [1.807, 2.05) is 0 Å². The fraction of sp³-hybridized carbons (Fsp3) is 0.750. The fourth-order valence-electron chi connectivity index (χ4n) is 1.87. The Morgan fingerprint density at radius 1 is 1.44 bits per heavy atom. The van der Waals surface area contributed by atoms with Crippen molar-refractivity contribution in [2.45, 2.75) is 40.3 Å². The molecule has 1 N–H and O–H groups in total. The predicted octanol–water partition coefficient (Wildman–Crippen LogP) is 1.85. The van der Waals surface area contributed by atoms with Crippen LogP contribution >= 0.6 is 0 Å². The molecule has 4 heteroatoms. The second-order valence-electron chi connectivity index (χ2n) is 5.56. The highest BCUT2D eigenvalue weighted by atomic mass is 28.3. The minimum Gasteiger partial charge on any atom is -0.420 e. The lowest BCUT2D eigenvalue weighted by Gasteiger charge is -2.31. The zero-order chi connectivity index (χ0) is 12.3. The molecule has 0 saturated carbocycles. The molecule has 92 valence electrons. The number of hydrogen-bond donors (Lipinski definition) is 1. The maximum atomic E-state index is 11.4. The average molecular weight is 241 g/mol. The largest absolute Gasteiger partial charge is 0.420 e. The number of β-lactam (4-membered cyclic amide) rings is 1. The van der Waals surface area contributed by atoms with Crippen LogP contribution in [0.4, 0.5) is 0 Å². The normalized spacial score (nSPS) is 19.5. The summed E-state index contributed by atoms with van der Waals surface area (Å²) in [5.74, 6) is 0.103. The van der Waals surface area contributed by atoms with Crippen molar-refractivity contribution in [3.05, 3.63) is 11.1 Å². The molecule has 0 bridgehead atoms. The molecule has 0 aromatic heterocycles. The van der Waals surface area contributed by atoms with Crippen LogP contribution in [-0.2, 0) is 9.22 Å². The first-order valence-corrected chi connectivity index (χ1v) is 8.72. The van der Waals surface area contributed by atoms with Crippen LogP contribution in [-0.4, -0.2) is 28.1 Å². The van der Waals surface area contributed by atoms with E-state index in [1.165, 1.54) is 5.57 Å².